The molecule has 1 rings (SSSR count). The normalized spacial score (nSPS) is 26.7. The Bertz CT molecular complexity index is 458. The Morgan fingerprint density at radius 2 is 1.89 bits per heavy atom. The second-order valence-electron chi connectivity index (χ2n) is 4.71. The summed E-state index contributed by atoms with van der Waals surface area (Å²) in [5, 5.41) is 19.2. The van der Waals surface area contributed by atoms with Gasteiger partial charge in [-0.2, -0.15) is 8.42 Å². The number of aliphatic carboxylic acids is 1. The summed E-state index contributed by atoms with van der Waals surface area (Å²) >= 11 is 0. The Balaban J connectivity index is 2.63. The zero-order chi connectivity index (χ0) is 14.8. The molecule has 0 bridgehead atoms. The van der Waals surface area contributed by atoms with Crippen molar-refractivity contribution in [1.82, 2.24) is 5.32 Å². The number of hydrogen-bond donors (Lipinski definition) is 4. The third-order valence-electron chi connectivity index (χ3n) is 3.22. The van der Waals surface area contributed by atoms with Gasteiger partial charge in [-0.15, -0.1) is 0 Å². The van der Waals surface area contributed by atoms with E-state index >= 15 is 0 Å². The monoisotopic (exact) mass is 295 g/mol. The molecule has 4 atom stereocenters. The van der Waals surface area contributed by atoms with Crippen LogP contribution in [0.2, 0.25) is 0 Å². The molecule has 1 aliphatic rings. The third-order valence-corrected chi connectivity index (χ3v) is 4.49. The van der Waals surface area contributed by atoms with Gasteiger partial charge in [0.2, 0.25) is 5.91 Å². The highest BCUT2D eigenvalue weighted by molar-refractivity contribution is 7.86. The molecule has 0 unspecified atom stereocenters. The molecule has 0 aromatic heterocycles. The average Bonchev–Trinajstić information content (AvgIpc) is 2.73. The van der Waals surface area contributed by atoms with Crippen LogP contribution in [-0.2, 0) is 19.7 Å². The highest BCUT2D eigenvalue weighted by Gasteiger charge is 2.38. The molecule has 0 aromatic rings. The van der Waals surface area contributed by atoms with Crippen LogP contribution < -0.4 is 5.32 Å². The third kappa shape index (κ3) is 4.15. The van der Waals surface area contributed by atoms with Crippen molar-refractivity contribution in [2.75, 3.05) is 0 Å². The molecule has 1 amide bonds. The van der Waals surface area contributed by atoms with Crippen molar-refractivity contribution in [3.05, 3.63) is 0 Å². The van der Waals surface area contributed by atoms with Gasteiger partial charge in [0.1, 0.15) is 0 Å². The first-order valence-corrected chi connectivity index (χ1v) is 7.30. The molecule has 1 saturated carbocycles. The molecule has 0 spiro atoms. The van der Waals surface area contributed by atoms with Crippen molar-refractivity contribution in [3.63, 3.8) is 0 Å². The van der Waals surface area contributed by atoms with E-state index in [9.17, 15) is 23.1 Å². The predicted molar refractivity (Wildman–Crippen MR) is 63.9 cm³/mol. The number of amides is 1. The smallest absolute Gasteiger partial charge is 0.328 e. The van der Waals surface area contributed by atoms with Crippen molar-refractivity contribution >= 4 is 22.0 Å². The van der Waals surface area contributed by atoms with Crippen molar-refractivity contribution in [1.29, 1.82) is 0 Å². The van der Waals surface area contributed by atoms with Gasteiger partial charge >= 0.3 is 5.97 Å². The lowest BCUT2D eigenvalue weighted by molar-refractivity contribution is -0.145. The maximum atomic E-state index is 11.8. The average molecular weight is 295 g/mol. The Kier molecular flexibility index (Phi) is 4.88. The van der Waals surface area contributed by atoms with Gasteiger partial charge in [-0.25, -0.2) is 4.79 Å². The molecule has 8 nitrogen and oxygen atoms in total. The maximum absolute atomic E-state index is 11.8. The zero-order valence-corrected chi connectivity index (χ0v) is 11.1. The van der Waals surface area contributed by atoms with Gasteiger partial charge in [-0.05, 0) is 26.2 Å². The van der Waals surface area contributed by atoms with E-state index in [2.05, 4.69) is 5.32 Å². The van der Waals surface area contributed by atoms with Crippen LogP contribution in [-0.4, -0.2) is 52.5 Å². The maximum Gasteiger partial charge on any atom is 0.328 e. The summed E-state index contributed by atoms with van der Waals surface area (Å²) < 4.78 is 30.7. The molecule has 0 heterocycles. The summed E-state index contributed by atoms with van der Waals surface area (Å²) in [6, 6.07) is -1.43. The largest absolute Gasteiger partial charge is 0.480 e. The van der Waals surface area contributed by atoms with Crippen LogP contribution in [0, 0.1) is 5.92 Å². The van der Waals surface area contributed by atoms with E-state index in [4.69, 9.17) is 9.66 Å². The van der Waals surface area contributed by atoms with Crippen LogP contribution in [0.4, 0.5) is 0 Å². The van der Waals surface area contributed by atoms with E-state index in [1.165, 1.54) is 6.92 Å². The lowest BCUT2D eigenvalue weighted by Crippen LogP contribution is -2.49. The molecule has 1 fully saturated rings. The molecular formula is C10H17NO7S. The van der Waals surface area contributed by atoms with E-state index in [1.807, 2.05) is 0 Å². The topological polar surface area (TPSA) is 141 Å². The number of rotatable bonds is 5. The van der Waals surface area contributed by atoms with Gasteiger partial charge in [0.05, 0.1) is 11.4 Å². The first-order chi connectivity index (χ1) is 8.62. The van der Waals surface area contributed by atoms with Crippen LogP contribution in [0.3, 0.4) is 0 Å². The zero-order valence-electron chi connectivity index (χ0n) is 10.3. The van der Waals surface area contributed by atoms with E-state index in [0.717, 1.165) is 0 Å². The van der Waals surface area contributed by atoms with E-state index < -0.39 is 45.3 Å². The van der Waals surface area contributed by atoms with E-state index in [-0.39, 0.29) is 19.3 Å². The summed E-state index contributed by atoms with van der Waals surface area (Å²) in [6.45, 7) is 1.23. The molecule has 4 N–H and O–H groups in total. The minimum atomic E-state index is -4.18. The standard InChI is InChI=1S/C10H17NO7S/c1-5(12)8(10(14)15)11-9(13)6-2-3-7(4-6)19(16,17)18/h5-8,12H,2-4H2,1H3,(H,11,13)(H,14,15)(H,16,17,18)/t5-,6-,7+,8-/m0/s1. The first kappa shape index (κ1) is 15.9. The van der Waals surface area contributed by atoms with Crippen LogP contribution in [0.25, 0.3) is 0 Å². The van der Waals surface area contributed by atoms with E-state index in [1.54, 1.807) is 0 Å². The fraction of sp³-hybridized carbons (Fsp3) is 0.800. The lowest BCUT2D eigenvalue weighted by atomic mass is 10.1. The van der Waals surface area contributed by atoms with Gasteiger partial charge < -0.3 is 15.5 Å². The minimum absolute atomic E-state index is 0.0448. The highest BCUT2D eigenvalue weighted by Crippen LogP contribution is 2.30. The minimum Gasteiger partial charge on any atom is -0.480 e. The second kappa shape index (κ2) is 5.85. The number of carboxylic acids is 1. The van der Waals surface area contributed by atoms with Gasteiger partial charge in [0, 0.05) is 5.92 Å². The fourth-order valence-corrected chi connectivity index (χ4v) is 3.02. The number of hydrogen-bond acceptors (Lipinski definition) is 5. The van der Waals surface area contributed by atoms with Crippen LogP contribution in [0.1, 0.15) is 26.2 Å². The molecule has 0 saturated heterocycles. The molecule has 19 heavy (non-hydrogen) atoms. The lowest BCUT2D eigenvalue weighted by Gasteiger charge is -2.19. The number of carbonyl (C=O) groups is 2. The van der Waals surface area contributed by atoms with Gasteiger partial charge in [-0.1, -0.05) is 0 Å². The summed E-state index contributed by atoms with van der Waals surface area (Å²) in [5.41, 5.74) is 0. The van der Waals surface area contributed by atoms with Crippen molar-refractivity contribution in [2.24, 2.45) is 5.92 Å². The van der Waals surface area contributed by atoms with Crippen LogP contribution >= 0.6 is 0 Å². The Morgan fingerprint density at radius 3 is 2.26 bits per heavy atom. The fourth-order valence-electron chi connectivity index (χ4n) is 2.11. The predicted octanol–water partition coefficient (Wildman–Crippen LogP) is -1.01. The van der Waals surface area contributed by atoms with E-state index in [0.29, 0.717) is 0 Å². The Labute approximate surface area is 110 Å². The second-order valence-corrected chi connectivity index (χ2v) is 6.41. The van der Waals surface area contributed by atoms with Gasteiger partial charge in [0.25, 0.3) is 10.1 Å². The number of carbonyl (C=O) groups excluding carboxylic acids is 1. The number of aliphatic hydroxyl groups excluding tert-OH is 1. The molecule has 9 heteroatoms. The van der Waals surface area contributed by atoms with Gasteiger partial charge in [0.15, 0.2) is 6.04 Å². The molecular weight excluding hydrogens is 278 g/mol. The van der Waals surface area contributed by atoms with Crippen LogP contribution in [0.5, 0.6) is 0 Å². The van der Waals surface area contributed by atoms with Crippen molar-refractivity contribution in [2.45, 2.75) is 43.6 Å². The highest BCUT2D eigenvalue weighted by atomic mass is 32.2. The van der Waals surface area contributed by atoms with Crippen LogP contribution in [0.15, 0.2) is 0 Å². The van der Waals surface area contributed by atoms with Crippen molar-refractivity contribution < 1.29 is 32.8 Å². The van der Waals surface area contributed by atoms with Crippen molar-refractivity contribution in [3.8, 4) is 0 Å². The number of aliphatic hydroxyl groups is 1. The van der Waals surface area contributed by atoms with Gasteiger partial charge in [-0.3, -0.25) is 9.35 Å². The molecule has 110 valence electrons. The molecule has 0 radical (unpaired) electrons. The summed E-state index contributed by atoms with van der Waals surface area (Å²) in [7, 11) is -4.18. The Morgan fingerprint density at radius 1 is 1.32 bits per heavy atom. The summed E-state index contributed by atoms with van der Waals surface area (Å²) in [4.78, 5) is 22.6. The Hall–Kier alpha value is -1.19. The first-order valence-electron chi connectivity index (χ1n) is 5.80. The molecule has 1 aliphatic carbocycles. The quantitative estimate of drug-likeness (QED) is 0.476. The molecule has 0 aliphatic heterocycles. The number of nitrogens with one attached hydrogen (secondary N) is 1. The summed E-state index contributed by atoms with van der Waals surface area (Å²) in [6.07, 6.45) is -0.900. The summed E-state index contributed by atoms with van der Waals surface area (Å²) in [5.74, 6) is -2.67. The number of carboxylic acid groups (broad SMARTS) is 1. The molecule has 0 aromatic carbocycles. The SMILES string of the molecule is C[C@H](O)[C@H](NC(=O)[C@H]1CC[C@@H](S(=O)(=O)O)C1)C(=O)O.